The lowest BCUT2D eigenvalue weighted by atomic mass is 10.1. The number of hydrogen-bond acceptors (Lipinski definition) is 2. The number of nitrogens with zero attached hydrogens (tertiary/aromatic N) is 2. The van der Waals surface area contributed by atoms with Gasteiger partial charge in [0.15, 0.2) is 5.78 Å². The monoisotopic (exact) mass is 455 g/mol. The number of ketones is 1. The maximum absolute atomic E-state index is 12.8. The first-order chi connectivity index (χ1) is 13.1. The van der Waals surface area contributed by atoms with Gasteiger partial charge in [-0.05, 0) is 42.0 Å². The van der Waals surface area contributed by atoms with Crippen molar-refractivity contribution in [2.24, 2.45) is 0 Å². The number of halogens is 2. The van der Waals surface area contributed by atoms with E-state index in [9.17, 15) is 4.79 Å². The lowest BCUT2D eigenvalue weighted by Crippen LogP contribution is -3.00. The summed E-state index contributed by atoms with van der Waals surface area (Å²) in [6, 6.07) is 25.0. The van der Waals surface area contributed by atoms with E-state index in [1.807, 2.05) is 51.6 Å². The van der Waals surface area contributed by atoms with Crippen LogP contribution in [-0.4, -0.2) is 10.4 Å². The second kappa shape index (κ2) is 8.59. The van der Waals surface area contributed by atoms with Gasteiger partial charge in [-0.2, -0.15) is 0 Å². The Labute approximate surface area is 178 Å². The highest BCUT2D eigenvalue weighted by atomic mass is 79.9. The predicted molar refractivity (Wildman–Crippen MR) is 108 cm³/mol. The molecule has 3 aromatic carbocycles. The minimum Gasteiger partial charge on any atom is -1.00 e. The van der Waals surface area contributed by atoms with Crippen molar-refractivity contribution in [3.8, 4) is 0 Å². The van der Waals surface area contributed by atoms with E-state index in [1.54, 1.807) is 24.3 Å². The number of aromatic nitrogens is 2. The molecule has 0 amide bonds. The molecule has 4 nitrogen and oxygen atoms in total. The topological polar surface area (TPSA) is 51.9 Å². The van der Waals surface area contributed by atoms with Gasteiger partial charge in [-0.15, -0.1) is 0 Å². The molecule has 0 saturated heterocycles. The van der Waals surface area contributed by atoms with Crippen LogP contribution in [0.3, 0.4) is 0 Å². The van der Waals surface area contributed by atoms with Crippen molar-refractivity contribution >= 4 is 34.4 Å². The van der Waals surface area contributed by atoms with Crippen LogP contribution in [0.1, 0.15) is 15.9 Å². The average molecular weight is 457 g/mol. The van der Waals surface area contributed by atoms with Gasteiger partial charge in [0.2, 0.25) is 0 Å². The molecule has 0 radical (unpaired) electrons. The number of carbonyl (C=O) groups excluding carboxylic acids is 1. The summed E-state index contributed by atoms with van der Waals surface area (Å²) in [5.74, 6) is 0.549. The molecular formula is C22H19BrClN3O. The summed E-state index contributed by atoms with van der Waals surface area (Å²) in [5, 5.41) is 0.609. The second-order valence-corrected chi connectivity index (χ2v) is 6.87. The fraction of sp³-hybridized carbons (Fsp3) is 0.0909. The molecule has 0 atom stereocenters. The first kappa shape index (κ1) is 20.1. The summed E-state index contributed by atoms with van der Waals surface area (Å²) in [7, 11) is 0. The molecule has 0 aliphatic rings. The first-order valence-electron chi connectivity index (χ1n) is 8.73. The Kier molecular flexibility index (Phi) is 6.17. The first-order valence-corrected chi connectivity index (χ1v) is 9.10. The van der Waals surface area contributed by atoms with E-state index in [4.69, 9.17) is 17.3 Å². The number of imidazole rings is 1. The molecule has 2 N–H and O–H groups in total. The minimum atomic E-state index is -0.00835. The lowest BCUT2D eigenvalue weighted by molar-refractivity contribution is -0.648. The zero-order chi connectivity index (χ0) is 18.8. The summed E-state index contributed by atoms with van der Waals surface area (Å²) in [6.45, 7) is 0.824. The van der Waals surface area contributed by atoms with Crippen LogP contribution < -0.4 is 27.3 Å². The molecule has 4 rings (SSSR count). The average Bonchev–Trinajstić information content (AvgIpc) is 2.95. The fourth-order valence-electron chi connectivity index (χ4n) is 3.28. The molecule has 0 aliphatic heterocycles. The highest BCUT2D eigenvalue weighted by Gasteiger charge is 2.23. The molecule has 0 unspecified atom stereocenters. The number of benzene rings is 3. The summed E-state index contributed by atoms with van der Waals surface area (Å²) < 4.78 is 3.91. The molecule has 6 heteroatoms. The summed E-state index contributed by atoms with van der Waals surface area (Å²) >= 11 is 5.92. The molecule has 0 spiro atoms. The SMILES string of the molecule is Nc1n(CC(=O)c2ccc(Cl)cc2)c2ccccc2[n+]1Cc1ccccc1.[Br-]. The number of nitrogen functional groups attached to an aromatic ring is 1. The van der Waals surface area contributed by atoms with E-state index >= 15 is 0 Å². The Morgan fingerprint density at radius 1 is 0.929 bits per heavy atom. The Hall–Kier alpha value is -2.63. The number of hydrogen-bond donors (Lipinski definition) is 1. The van der Waals surface area contributed by atoms with E-state index in [0.29, 0.717) is 23.1 Å². The zero-order valence-corrected chi connectivity index (χ0v) is 17.4. The normalized spacial score (nSPS) is 10.6. The quantitative estimate of drug-likeness (QED) is 0.361. The Bertz CT molecular complexity index is 1110. The van der Waals surface area contributed by atoms with Gasteiger partial charge < -0.3 is 17.0 Å². The third-order valence-electron chi connectivity index (χ3n) is 4.67. The number of carbonyl (C=O) groups is 1. The highest BCUT2D eigenvalue weighted by molar-refractivity contribution is 6.30. The van der Waals surface area contributed by atoms with Gasteiger partial charge >= 0.3 is 5.95 Å². The maximum atomic E-state index is 12.8. The molecule has 4 aromatic rings. The highest BCUT2D eigenvalue weighted by Crippen LogP contribution is 2.18. The lowest BCUT2D eigenvalue weighted by Gasteiger charge is -2.03. The molecule has 1 aromatic heterocycles. The number of para-hydroxylation sites is 2. The standard InChI is InChI=1S/C22H18ClN3O.BrH/c23-18-12-10-17(11-13-18)21(27)15-26-20-9-5-4-8-19(20)25(22(26)24)14-16-6-2-1-3-7-16;/h1-13,24H,14-15H2;1H. The van der Waals surface area contributed by atoms with Gasteiger partial charge in [-0.3, -0.25) is 10.5 Å². The van der Waals surface area contributed by atoms with Crippen molar-refractivity contribution in [3.63, 3.8) is 0 Å². The Balaban J connectivity index is 0.00000225. The van der Waals surface area contributed by atoms with E-state index in [2.05, 4.69) is 12.1 Å². The van der Waals surface area contributed by atoms with Crippen molar-refractivity contribution in [2.45, 2.75) is 13.1 Å². The van der Waals surface area contributed by atoms with Crippen molar-refractivity contribution in [3.05, 3.63) is 95.0 Å². The fourth-order valence-corrected chi connectivity index (χ4v) is 3.41. The Morgan fingerprint density at radius 2 is 1.57 bits per heavy atom. The van der Waals surface area contributed by atoms with Gasteiger partial charge in [-0.1, -0.05) is 54.1 Å². The van der Waals surface area contributed by atoms with Crippen molar-refractivity contribution in [2.75, 3.05) is 5.73 Å². The number of nitrogens with two attached hydrogens (primary N) is 1. The van der Waals surface area contributed by atoms with Crippen LogP contribution in [0.4, 0.5) is 5.95 Å². The third kappa shape index (κ3) is 3.96. The van der Waals surface area contributed by atoms with E-state index in [0.717, 1.165) is 16.6 Å². The van der Waals surface area contributed by atoms with E-state index in [1.165, 1.54) is 0 Å². The summed E-state index contributed by atoms with van der Waals surface area (Å²) in [5.41, 5.74) is 10.2. The molecule has 1 heterocycles. The summed E-state index contributed by atoms with van der Waals surface area (Å²) in [6.07, 6.45) is 0. The van der Waals surface area contributed by atoms with Crippen LogP contribution >= 0.6 is 11.6 Å². The van der Waals surface area contributed by atoms with Crippen LogP contribution in [0.2, 0.25) is 5.02 Å². The largest absolute Gasteiger partial charge is 1.00 e. The zero-order valence-electron chi connectivity index (χ0n) is 15.1. The molecule has 142 valence electrons. The van der Waals surface area contributed by atoms with Crippen LogP contribution in [0, 0.1) is 0 Å². The number of Topliss-reactive ketones (excluding diaryl/α,β-unsaturated/α-hetero) is 1. The number of rotatable bonds is 5. The number of fused-ring (bicyclic) bond motifs is 1. The van der Waals surface area contributed by atoms with Crippen LogP contribution in [0.15, 0.2) is 78.9 Å². The smallest absolute Gasteiger partial charge is 0.356 e. The van der Waals surface area contributed by atoms with Crippen molar-refractivity contribution in [1.29, 1.82) is 0 Å². The maximum Gasteiger partial charge on any atom is 0.356 e. The molecule has 0 bridgehead atoms. The van der Waals surface area contributed by atoms with Gasteiger partial charge in [0.1, 0.15) is 17.6 Å². The third-order valence-corrected chi connectivity index (χ3v) is 4.92. The molecule has 0 aliphatic carbocycles. The van der Waals surface area contributed by atoms with Crippen LogP contribution in [-0.2, 0) is 13.1 Å². The van der Waals surface area contributed by atoms with E-state index in [-0.39, 0.29) is 29.3 Å². The van der Waals surface area contributed by atoms with Crippen molar-refractivity contribution < 1.29 is 26.3 Å². The van der Waals surface area contributed by atoms with E-state index < -0.39 is 0 Å². The molecule has 28 heavy (non-hydrogen) atoms. The van der Waals surface area contributed by atoms with Gasteiger partial charge in [0.05, 0.1) is 6.54 Å². The Morgan fingerprint density at radius 3 is 2.29 bits per heavy atom. The van der Waals surface area contributed by atoms with Gasteiger partial charge in [-0.25, -0.2) is 9.13 Å². The second-order valence-electron chi connectivity index (χ2n) is 6.43. The molecule has 0 saturated carbocycles. The van der Waals surface area contributed by atoms with Crippen molar-refractivity contribution in [1.82, 2.24) is 4.57 Å². The van der Waals surface area contributed by atoms with Crippen LogP contribution in [0.25, 0.3) is 11.0 Å². The van der Waals surface area contributed by atoms with Gasteiger partial charge in [0, 0.05) is 10.6 Å². The van der Waals surface area contributed by atoms with Crippen LogP contribution in [0.5, 0.6) is 0 Å². The predicted octanol–water partition coefficient (Wildman–Crippen LogP) is 1.10. The molecule has 0 fully saturated rings. The van der Waals surface area contributed by atoms with Gasteiger partial charge in [0.25, 0.3) is 0 Å². The minimum absolute atomic E-state index is 0. The molecular weight excluding hydrogens is 438 g/mol. The number of anilines is 1. The summed E-state index contributed by atoms with van der Waals surface area (Å²) in [4.78, 5) is 12.8.